The molecule has 0 saturated heterocycles. The zero-order valence-electron chi connectivity index (χ0n) is 10.0. The van der Waals surface area contributed by atoms with Crippen molar-refractivity contribution in [2.24, 2.45) is 0 Å². The fourth-order valence-electron chi connectivity index (χ4n) is 1.46. The van der Waals surface area contributed by atoms with E-state index in [-0.39, 0.29) is 5.56 Å². The fraction of sp³-hybridized carbons (Fsp3) is 0.0769. The van der Waals surface area contributed by atoms with Gasteiger partial charge in [-0.3, -0.25) is 0 Å². The Morgan fingerprint density at radius 2 is 1.63 bits per heavy atom. The molecular weight excluding hydrogens is 248 g/mol. The van der Waals surface area contributed by atoms with Gasteiger partial charge >= 0.3 is 11.9 Å². The third-order valence-electron chi connectivity index (χ3n) is 2.46. The molecule has 2 rings (SSSR count). The number of hydrogen-bond acceptors (Lipinski definition) is 5. The highest BCUT2D eigenvalue weighted by molar-refractivity contribution is 5.90. The van der Waals surface area contributed by atoms with Crippen LogP contribution < -0.4 is 0 Å². The van der Waals surface area contributed by atoms with E-state index >= 15 is 0 Å². The molecular formula is C13H10N2O4. The first-order chi connectivity index (χ1) is 9.11. The number of carbonyl (C=O) groups is 2. The summed E-state index contributed by atoms with van der Waals surface area (Å²) in [5.41, 5.74) is 1.13. The molecule has 0 radical (unpaired) electrons. The van der Waals surface area contributed by atoms with E-state index < -0.39 is 11.9 Å². The average Bonchev–Trinajstić information content (AvgIpc) is 2.46. The number of carbonyl (C=O) groups excluding carboxylic acids is 1. The highest BCUT2D eigenvalue weighted by atomic mass is 16.5. The predicted molar refractivity (Wildman–Crippen MR) is 65.8 cm³/mol. The molecule has 0 saturated carbocycles. The molecule has 1 N–H and O–H groups in total. The maximum absolute atomic E-state index is 11.3. The Balaban J connectivity index is 2.27. The minimum absolute atomic E-state index is 0.0231. The monoisotopic (exact) mass is 258 g/mol. The van der Waals surface area contributed by atoms with Crippen molar-refractivity contribution in [3.8, 4) is 11.4 Å². The van der Waals surface area contributed by atoms with Crippen LogP contribution in [0.2, 0.25) is 0 Å². The Hall–Kier alpha value is -2.76. The maximum Gasteiger partial charge on any atom is 0.338 e. The highest BCUT2D eigenvalue weighted by Gasteiger charge is 2.08. The van der Waals surface area contributed by atoms with Crippen molar-refractivity contribution in [1.82, 2.24) is 9.97 Å². The summed E-state index contributed by atoms with van der Waals surface area (Å²) in [6, 6.07) is 6.52. The van der Waals surface area contributed by atoms with Crippen LogP contribution in [0.3, 0.4) is 0 Å². The summed E-state index contributed by atoms with van der Waals surface area (Å²) in [5, 5.41) is 8.74. The van der Waals surface area contributed by atoms with Crippen LogP contribution in [0.4, 0.5) is 0 Å². The summed E-state index contributed by atoms with van der Waals surface area (Å²) >= 11 is 0. The topological polar surface area (TPSA) is 89.4 Å². The van der Waals surface area contributed by atoms with Crippen molar-refractivity contribution in [2.45, 2.75) is 0 Å². The fourth-order valence-corrected chi connectivity index (χ4v) is 1.46. The van der Waals surface area contributed by atoms with Gasteiger partial charge in [0.2, 0.25) is 0 Å². The molecule has 6 nitrogen and oxygen atoms in total. The van der Waals surface area contributed by atoms with Gasteiger partial charge in [0.1, 0.15) is 0 Å². The number of aromatic carboxylic acids is 1. The molecule has 0 atom stereocenters. The molecule has 0 aliphatic carbocycles. The third-order valence-corrected chi connectivity index (χ3v) is 2.46. The highest BCUT2D eigenvalue weighted by Crippen LogP contribution is 2.15. The quantitative estimate of drug-likeness (QED) is 0.841. The van der Waals surface area contributed by atoms with E-state index in [1.54, 1.807) is 24.3 Å². The second-order valence-corrected chi connectivity index (χ2v) is 3.67. The first-order valence-corrected chi connectivity index (χ1v) is 5.36. The molecule has 1 aromatic heterocycles. The summed E-state index contributed by atoms with van der Waals surface area (Å²) in [5.74, 6) is -1.11. The van der Waals surface area contributed by atoms with E-state index in [2.05, 4.69) is 14.7 Å². The van der Waals surface area contributed by atoms with Crippen LogP contribution in [-0.4, -0.2) is 34.1 Å². The molecule has 0 aliphatic heterocycles. The summed E-state index contributed by atoms with van der Waals surface area (Å²) in [4.78, 5) is 29.8. The first kappa shape index (κ1) is 12.7. The lowest BCUT2D eigenvalue weighted by atomic mass is 10.1. The molecule has 0 bridgehead atoms. The smallest absolute Gasteiger partial charge is 0.338 e. The Morgan fingerprint density at radius 3 is 2.11 bits per heavy atom. The van der Waals surface area contributed by atoms with Crippen molar-refractivity contribution in [3.05, 3.63) is 47.8 Å². The maximum atomic E-state index is 11.3. The number of rotatable bonds is 3. The zero-order valence-corrected chi connectivity index (χ0v) is 10.0. The molecule has 1 aromatic carbocycles. The largest absolute Gasteiger partial charge is 0.478 e. The molecule has 0 aliphatic rings. The zero-order chi connectivity index (χ0) is 13.8. The Bertz CT molecular complexity index is 606. The van der Waals surface area contributed by atoms with Crippen molar-refractivity contribution >= 4 is 11.9 Å². The van der Waals surface area contributed by atoms with Crippen molar-refractivity contribution in [1.29, 1.82) is 0 Å². The van der Waals surface area contributed by atoms with Gasteiger partial charge in [-0.2, -0.15) is 0 Å². The van der Waals surface area contributed by atoms with E-state index in [9.17, 15) is 9.59 Å². The van der Waals surface area contributed by atoms with Crippen molar-refractivity contribution < 1.29 is 19.4 Å². The third kappa shape index (κ3) is 2.74. The van der Waals surface area contributed by atoms with Gasteiger partial charge < -0.3 is 9.84 Å². The molecule has 96 valence electrons. The SMILES string of the molecule is COC(=O)c1ccc(-c2ncc(C(=O)O)cn2)cc1. The second kappa shape index (κ2) is 5.26. The van der Waals surface area contributed by atoms with Gasteiger partial charge in [0.15, 0.2) is 5.82 Å². The molecule has 1 heterocycles. The minimum atomic E-state index is -1.08. The molecule has 0 spiro atoms. The van der Waals surface area contributed by atoms with Crippen molar-refractivity contribution in [3.63, 3.8) is 0 Å². The van der Waals surface area contributed by atoms with E-state index in [4.69, 9.17) is 5.11 Å². The van der Waals surface area contributed by atoms with E-state index in [0.717, 1.165) is 0 Å². The van der Waals surface area contributed by atoms with Crippen LogP contribution in [0.25, 0.3) is 11.4 Å². The summed E-state index contributed by atoms with van der Waals surface area (Å²) in [7, 11) is 1.31. The first-order valence-electron chi connectivity index (χ1n) is 5.36. The van der Waals surface area contributed by atoms with Crippen LogP contribution in [0.15, 0.2) is 36.7 Å². The molecule has 0 unspecified atom stereocenters. The molecule has 0 amide bonds. The van der Waals surface area contributed by atoms with Gasteiger partial charge in [0.25, 0.3) is 0 Å². The van der Waals surface area contributed by atoms with Crippen LogP contribution in [0.5, 0.6) is 0 Å². The van der Waals surface area contributed by atoms with Gasteiger partial charge in [-0.25, -0.2) is 19.6 Å². The van der Waals surface area contributed by atoms with Crippen LogP contribution >= 0.6 is 0 Å². The Kier molecular flexibility index (Phi) is 3.51. The molecule has 2 aromatic rings. The number of aromatic nitrogens is 2. The standard InChI is InChI=1S/C13H10N2O4/c1-19-13(18)9-4-2-8(3-5-9)11-14-6-10(7-15-11)12(16)17/h2-7H,1H3,(H,16,17). The van der Waals surface area contributed by atoms with Crippen LogP contribution in [0, 0.1) is 0 Å². The molecule has 19 heavy (non-hydrogen) atoms. The predicted octanol–water partition coefficient (Wildman–Crippen LogP) is 1.63. The summed E-state index contributed by atoms with van der Waals surface area (Å²) in [6.45, 7) is 0. The van der Waals surface area contributed by atoms with Gasteiger partial charge in [-0.05, 0) is 12.1 Å². The van der Waals surface area contributed by atoms with Gasteiger partial charge in [-0.1, -0.05) is 12.1 Å². The number of nitrogens with zero attached hydrogens (tertiary/aromatic N) is 2. The lowest BCUT2D eigenvalue weighted by Crippen LogP contribution is -2.01. The van der Waals surface area contributed by atoms with Gasteiger partial charge in [0.05, 0.1) is 18.2 Å². The number of hydrogen-bond donors (Lipinski definition) is 1. The van der Waals surface area contributed by atoms with Gasteiger partial charge in [0, 0.05) is 18.0 Å². The Morgan fingerprint density at radius 1 is 1.05 bits per heavy atom. The van der Waals surface area contributed by atoms with Crippen LogP contribution in [-0.2, 0) is 4.74 Å². The van der Waals surface area contributed by atoms with Gasteiger partial charge in [-0.15, -0.1) is 0 Å². The normalized spacial score (nSPS) is 9.95. The summed E-state index contributed by atoms with van der Waals surface area (Å²) in [6.07, 6.45) is 2.47. The number of esters is 1. The number of methoxy groups -OCH3 is 1. The average molecular weight is 258 g/mol. The second-order valence-electron chi connectivity index (χ2n) is 3.67. The van der Waals surface area contributed by atoms with Crippen molar-refractivity contribution in [2.75, 3.05) is 7.11 Å². The number of carboxylic acid groups (broad SMARTS) is 1. The molecule has 0 fully saturated rings. The van der Waals surface area contributed by atoms with E-state index in [1.165, 1.54) is 19.5 Å². The number of benzene rings is 1. The van der Waals surface area contributed by atoms with E-state index in [0.29, 0.717) is 17.0 Å². The lowest BCUT2D eigenvalue weighted by Gasteiger charge is -2.02. The molecule has 6 heteroatoms. The number of ether oxygens (including phenoxy) is 1. The Labute approximate surface area is 108 Å². The number of carboxylic acids is 1. The summed E-state index contributed by atoms with van der Waals surface area (Å²) < 4.78 is 4.59. The van der Waals surface area contributed by atoms with Crippen LogP contribution in [0.1, 0.15) is 20.7 Å². The lowest BCUT2D eigenvalue weighted by molar-refractivity contribution is 0.0599. The van der Waals surface area contributed by atoms with E-state index in [1.807, 2.05) is 0 Å². The minimum Gasteiger partial charge on any atom is -0.478 e.